The number of aliphatic hydroxyl groups excluding tert-OH is 4. The minimum atomic E-state index is -0.897. The molecule has 34 heteroatoms. The maximum absolute atomic E-state index is 14.1. The molecule has 8 amide bonds. The predicted octanol–water partition coefficient (Wildman–Crippen LogP) is 15.5. The van der Waals surface area contributed by atoms with E-state index in [1.165, 1.54) is 19.6 Å². The van der Waals surface area contributed by atoms with Gasteiger partial charge in [0.25, 0.3) is 0 Å². The fourth-order valence-electron chi connectivity index (χ4n) is 19.4. The van der Waals surface area contributed by atoms with Crippen LogP contribution in [0, 0.1) is 49.5 Å². The molecule has 0 radical (unpaired) electrons. The summed E-state index contributed by atoms with van der Waals surface area (Å²) in [6, 6.07) is 33.2. The SMILES string of the molecule is C=C(N[C@@H](C)c1ccc(-c2scnc2C)cc1)C1C[C@H](O)CN1C(=O)[C@@H](NC(C)C)C(C)(C)C.CC(C)N[C@H](C(=O)N1C[C@H](O)C[C@H]1C(=O)NCc1ccc(-c2ccnn2C)cc1)C(C)(C)C.CC[C@H](NC(=O)[C@@H]1C[C@@H](O)CN1C(=O)[C@@H](NC(C)C)C(C)(C)C)c1ccc(-c2scnc2C)cc1.[C-]#[N+]c1cccc2c1C(=O)N([C@H](C(=O)N1C[C@H](O)C[C@H]1C(=O)NCc1ccc(-c3scnc3C)cc1OC(C)C)C(C)C)C2. The molecule has 4 aromatic heterocycles. The van der Waals surface area contributed by atoms with Crippen molar-refractivity contribution in [1.82, 2.24) is 86.4 Å². The molecule has 1 unspecified atom stereocenters. The molecule has 9 heterocycles. The van der Waals surface area contributed by atoms with E-state index in [2.05, 4.69) is 133 Å². The number of rotatable bonds is 32. The Morgan fingerprint density at radius 2 is 0.925 bits per heavy atom. The van der Waals surface area contributed by atoms with Crippen molar-refractivity contribution in [2.24, 2.45) is 29.2 Å². The van der Waals surface area contributed by atoms with Gasteiger partial charge in [0.05, 0.1) is 127 Å². The second-order valence-corrected chi connectivity index (χ2v) is 46.4. The molecule has 4 fully saturated rings. The number of ether oxygens (including phenoxy) is 1. The Morgan fingerprint density at radius 1 is 0.514 bits per heavy atom. The summed E-state index contributed by atoms with van der Waals surface area (Å²) < 4.78 is 7.91. The minimum Gasteiger partial charge on any atom is -0.491 e. The molecule has 14 rings (SSSR count). The number of β-amino-alcohol motifs (C(OH)–C–C–N with tert-alkyl or cyclic N) is 4. The van der Waals surface area contributed by atoms with Crippen LogP contribution in [0.2, 0.25) is 0 Å². The van der Waals surface area contributed by atoms with Gasteiger partial charge in [-0.2, -0.15) is 5.10 Å². The number of likely N-dealkylation sites (tertiary alicyclic amines) is 4. The van der Waals surface area contributed by atoms with Crippen LogP contribution in [0.15, 0.2) is 150 Å². The lowest BCUT2D eigenvalue weighted by Gasteiger charge is -2.37. The number of carbonyl (C=O) groups excluding carboxylic acids is 8. The van der Waals surface area contributed by atoms with Gasteiger partial charge in [-0.25, -0.2) is 19.8 Å². The summed E-state index contributed by atoms with van der Waals surface area (Å²) in [5.74, 6) is -1.50. The van der Waals surface area contributed by atoms with Crippen molar-refractivity contribution in [3.8, 4) is 48.3 Å². The quantitative estimate of drug-likeness (QED) is 0.0174. The van der Waals surface area contributed by atoms with Gasteiger partial charge in [0.1, 0.15) is 29.9 Å². The average molecular weight is 2060 g/mol. The van der Waals surface area contributed by atoms with Gasteiger partial charge in [-0.1, -0.05) is 234 Å². The molecule has 0 saturated carbocycles. The van der Waals surface area contributed by atoms with Crippen molar-refractivity contribution in [2.45, 2.75) is 327 Å². The average Bonchev–Trinajstić information content (AvgIpc) is 1.61. The molecule has 0 bridgehead atoms. The first kappa shape index (κ1) is 115. The molecule has 0 spiro atoms. The van der Waals surface area contributed by atoms with E-state index in [0.29, 0.717) is 42.8 Å². The third-order valence-corrected chi connectivity index (χ3v) is 29.9. The second kappa shape index (κ2) is 50.0. The minimum absolute atomic E-state index is 0.00691. The van der Waals surface area contributed by atoms with Crippen molar-refractivity contribution in [2.75, 3.05) is 26.2 Å². The molecular formula is C112H154N18O13S3. The van der Waals surface area contributed by atoms with E-state index >= 15 is 0 Å². The van der Waals surface area contributed by atoms with E-state index in [1.54, 1.807) is 73.7 Å². The van der Waals surface area contributed by atoms with Gasteiger partial charge in [0.15, 0.2) is 5.69 Å². The number of nitrogens with one attached hydrogen (secondary N) is 7. The summed E-state index contributed by atoms with van der Waals surface area (Å²) in [6.45, 7) is 61.2. The van der Waals surface area contributed by atoms with E-state index < -0.39 is 66.6 Å². The summed E-state index contributed by atoms with van der Waals surface area (Å²) >= 11 is 4.81. The maximum Gasteiger partial charge on any atom is 0.246 e. The van der Waals surface area contributed by atoms with E-state index in [4.69, 9.17) is 11.3 Å². The molecular weight excluding hydrogens is 1900 g/mol. The first-order chi connectivity index (χ1) is 68.8. The Bertz CT molecular complexity index is 6020. The van der Waals surface area contributed by atoms with E-state index in [-0.39, 0.29) is 170 Å². The number of aryl methyl sites for hydroxylation is 4. The van der Waals surface area contributed by atoms with Crippen LogP contribution < -0.4 is 42.0 Å². The lowest BCUT2D eigenvalue weighted by atomic mass is 9.85. The third kappa shape index (κ3) is 28.9. The molecule has 5 aromatic carbocycles. The van der Waals surface area contributed by atoms with Crippen molar-refractivity contribution < 1.29 is 63.5 Å². The first-order valence-corrected chi connectivity index (χ1v) is 53.5. The van der Waals surface area contributed by atoms with Gasteiger partial charge in [-0.05, 0) is 127 Å². The molecule has 31 nitrogen and oxygen atoms in total. The van der Waals surface area contributed by atoms with Gasteiger partial charge in [-0.3, -0.25) is 43.0 Å². The number of aliphatic hydroxyl groups is 4. The first-order valence-electron chi connectivity index (χ1n) is 50.9. The van der Waals surface area contributed by atoms with Crippen LogP contribution in [-0.2, 0) is 60.2 Å². The fourth-order valence-corrected chi connectivity index (χ4v) is 21.9. The number of nitrogens with zero attached hydrogens (tertiary/aromatic N) is 11. The van der Waals surface area contributed by atoms with Crippen LogP contribution in [-0.4, -0.2) is 240 Å². The normalized spacial score (nSPS) is 19.6. The molecule has 146 heavy (non-hydrogen) atoms. The van der Waals surface area contributed by atoms with Crippen molar-refractivity contribution in [1.29, 1.82) is 0 Å². The zero-order valence-corrected chi connectivity index (χ0v) is 92.0. The highest BCUT2D eigenvalue weighted by atomic mass is 32.1. The number of amides is 8. The molecule has 4 saturated heterocycles. The number of aromatic nitrogens is 5. The van der Waals surface area contributed by atoms with Crippen LogP contribution >= 0.6 is 34.0 Å². The Kier molecular flexibility index (Phi) is 39.3. The summed E-state index contributed by atoms with van der Waals surface area (Å²) in [6.07, 6.45) is 0.627. The van der Waals surface area contributed by atoms with Crippen LogP contribution in [0.1, 0.15) is 245 Å². The van der Waals surface area contributed by atoms with Gasteiger partial charge in [0.2, 0.25) is 47.3 Å². The Morgan fingerprint density at radius 3 is 1.33 bits per heavy atom. The maximum atomic E-state index is 14.1. The standard InChI is InChI=1S/C33H37N5O5S.C27H40N4O3S.C27H40N4O2S.C25H37N5O3/c1-18(2)29(38-15-23-8-7-9-25(34-6)28(23)32(38)41)33(42)37-16-24(39)13-26(37)31(40)35-14-22-11-10-21(12-27(22)43-19(3)4)30-20(5)36-17-44-30;1-8-21(18-9-11-19(12-10-18)23-17(4)28-15-35-23)30-25(33)22-13-20(32)14-31(22)26(34)24(27(5,6)7)29-16(2)3;1-16(2)29-25(27(6,7)8)26(33)31-14-22(32)13-23(31)18(4)30-17(3)20-9-11-21(12-10-20)24-19(5)28-15-34-24;1-16(2)28-22(25(3,4)5)24(33)30-15-19(31)13-21(30)23(32)26-14-17-7-9-18(10-8-17)20-11-12-27-29(20)6/h7-12,17-19,24,26,29,39H,13-16H2,1-5H3,(H,35,40);9-12,15-16,20-22,24,29,32H,8,13-14H2,1-7H3,(H,30,33);9-12,15-17,22-23,25,29-30,32H,4,13-14H2,1-3,5-8H3;7-12,16,19,21-22,28,31H,13-15H2,1-6H3,(H,26,32)/t24-,26+,29+;20-,21+,22+,24-;17-,22-,23?,25+;19-,21+,22-/m1101/s1. The van der Waals surface area contributed by atoms with Gasteiger partial charge in [-0.15, -0.1) is 34.0 Å². The number of hydrogen-bond acceptors (Lipinski definition) is 24. The molecule has 5 aliphatic heterocycles. The molecule has 9 aromatic rings. The molecule has 11 N–H and O–H groups in total. The summed E-state index contributed by atoms with van der Waals surface area (Å²) in [5, 5.41) is 68.5. The number of benzene rings is 5. The smallest absolute Gasteiger partial charge is 0.246 e. The lowest BCUT2D eigenvalue weighted by Crippen LogP contribution is -2.58. The summed E-state index contributed by atoms with van der Waals surface area (Å²) in [7, 11) is 1.90. The fraction of sp³-hybridized carbons (Fsp3) is 0.527. The topological polar surface area (TPSA) is 388 Å². The zero-order chi connectivity index (χ0) is 107. The van der Waals surface area contributed by atoms with Crippen molar-refractivity contribution in [3.63, 3.8) is 0 Å². The Labute approximate surface area is 874 Å². The van der Waals surface area contributed by atoms with E-state index in [1.807, 2.05) is 222 Å². The van der Waals surface area contributed by atoms with Gasteiger partial charge < -0.3 is 86.9 Å². The van der Waals surface area contributed by atoms with Crippen LogP contribution in [0.4, 0.5) is 5.69 Å². The largest absolute Gasteiger partial charge is 0.491 e. The lowest BCUT2D eigenvalue weighted by molar-refractivity contribution is -0.143. The number of fused-ring (bicyclic) bond motifs is 1. The highest BCUT2D eigenvalue weighted by Crippen LogP contribution is 2.40. The van der Waals surface area contributed by atoms with Crippen LogP contribution in [0.3, 0.4) is 0 Å². The summed E-state index contributed by atoms with van der Waals surface area (Å²) in [4.78, 5) is 136. The van der Waals surface area contributed by atoms with E-state index in [9.17, 15) is 58.8 Å². The number of carbonyl (C=O) groups is 8. The van der Waals surface area contributed by atoms with Crippen LogP contribution in [0.5, 0.6) is 5.75 Å². The van der Waals surface area contributed by atoms with E-state index in [0.717, 1.165) is 82.7 Å². The third-order valence-electron chi connectivity index (χ3n) is 27.0. The summed E-state index contributed by atoms with van der Waals surface area (Å²) in [5.41, 5.74) is 18.8. The Hall–Kier alpha value is -11.5. The van der Waals surface area contributed by atoms with Crippen molar-refractivity contribution in [3.05, 3.63) is 212 Å². The molecule has 788 valence electrons. The zero-order valence-electron chi connectivity index (χ0n) is 89.5. The molecule has 0 aliphatic carbocycles. The van der Waals surface area contributed by atoms with Gasteiger partial charge >= 0.3 is 0 Å². The molecule has 5 aliphatic rings. The Balaban J connectivity index is 0.000000187. The van der Waals surface area contributed by atoms with Crippen molar-refractivity contribution >= 4 is 87.0 Å². The highest BCUT2D eigenvalue weighted by Gasteiger charge is 2.50. The van der Waals surface area contributed by atoms with Crippen LogP contribution in [0.25, 0.3) is 47.4 Å². The molecule has 14 atom stereocenters. The number of thiazole rings is 3. The monoisotopic (exact) mass is 2060 g/mol. The number of hydrogen-bond donors (Lipinski definition) is 11. The highest BCUT2D eigenvalue weighted by molar-refractivity contribution is 7.14. The predicted molar refractivity (Wildman–Crippen MR) is 577 cm³/mol. The van der Waals surface area contributed by atoms with Gasteiger partial charge in [0, 0.05) is 120 Å². The second-order valence-electron chi connectivity index (χ2n) is 43.9.